The summed E-state index contributed by atoms with van der Waals surface area (Å²) in [4.78, 5) is 7.56. The van der Waals surface area contributed by atoms with Crippen LogP contribution in [0.25, 0.3) is 22.3 Å². The van der Waals surface area contributed by atoms with Crippen LogP contribution in [0, 0.1) is 6.92 Å². The van der Waals surface area contributed by atoms with Crippen molar-refractivity contribution in [1.82, 2.24) is 9.55 Å². The molecule has 9 nitrogen and oxygen atoms in total. The maximum Gasteiger partial charge on any atom is 0.198 e. The molecule has 0 radical (unpaired) electrons. The van der Waals surface area contributed by atoms with Gasteiger partial charge in [0.15, 0.2) is 20.3 Å². The molecule has 0 aliphatic carbocycles. The van der Waals surface area contributed by atoms with Gasteiger partial charge in [0.1, 0.15) is 18.9 Å². The number of morpholine rings is 1. The van der Waals surface area contributed by atoms with Gasteiger partial charge in [0.2, 0.25) is 0 Å². The van der Waals surface area contributed by atoms with Crippen molar-refractivity contribution in [2.75, 3.05) is 51.0 Å². The molecule has 47 heavy (non-hydrogen) atoms. The molecule has 3 aromatic rings. The predicted octanol–water partition coefficient (Wildman–Crippen LogP) is 7.10. The van der Waals surface area contributed by atoms with Crippen molar-refractivity contribution < 1.29 is 28.1 Å². The average Bonchev–Trinajstić information content (AvgIpc) is 3.69. The van der Waals surface area contributed by atoms with Gasteiger partial charge in [-0.3, -0.25) is 4.57 Å². The van der Waals surface area contributed by atoms with Crippen molar-refractivity contribution in [2.24, 2.45) is 0 Å². The lowest BCUT2D eigenvalue weighted by Crippen LogP contribution is -2.47. The molecule has 6 rings (SSSR count). The fourth-order valence-corrected chi connectivity index (χ4v) is 8.37. The van der Waals surface area contributed by atoms with Gasteiger partial charge in [-0.05, 0) is 54.9 Å². The summed E-state index contributed by atoms with van der Waals surface area (Å²) in [5.41, 5.74) is 6.29. The Morgan fingerprint density at radius 1 is 0.915 bits per heavy atom. The fraction of sp³-hybridized carbons (Fsp3) is 0.639. The molecule has 3 fully saturated rings. The summed E-state index contributed by atoms with van der Waals surface area (Å²) in [6.07, 6.45) is -0.634. The van der Waals surface area contributed by atoms with Gasteiger partial charge in [0.05, 0.1) is 49.3 Å². The minimum Gasteiger partial charge on any atom is -0.470 e. The molecule has 0 amide bonds. The number of fused-ring (bicyclic) bond motifs is 2. The molecule has 258 valence electrons. The number of anilines is 1. The first kappa shape index (κ1) is 34.6. The molecule has 3 aliphatic heterocycles. The van der Waals surface area contributed by atoms with Crippen molar-refractivity contribution in [1.29, 1.82) is 0 Å². The highest BCUT2D eigenvalue weighted by Crippen LogP contribution is 2.41. The smallest absolute Gasteiger partial charge is 0.198 e. The Kier molecular flexibility index (Phi) is 9.99. The SMILES string of the molecule is Cc1cc2c(cc(O[C@@H]3CO[C@H]4[C@@H]3OC[C@H]4O[Si](C)(C)C(C)(C)C)n2COCC[Si](C)(C)C)nc1-c1ccc(N2CCOCC2)cc1. The van der Waals surface area contributed by atoms with Crippen LogP contribution in [-0.2, 0) is 30.1 Å². The molecule has 0 N–H and O–H groups in total. The summed E-state index contributed by atoms with van der Waals surface area (Å²) in [5, 5.41) is 0.116. The minimum absolute atomic E-state index is 0.0771. The van der Waals surface area contributed by atoms with Crippen LogP contribution in [0.5, 0.6) is 5.88 Å². The highest BCUT2D eigenvalue weighted by atomic mass is 28.4. The molecule has 1 aromatic carbocycles. The maximum atomic E-state index is 6.76. The quantitative estimate of drug-likeness (QED) is 0.157. The summed E-state index contributed by atoms with van der Waals surface area (Å²) in [5.74, 6) is 0.728. The third-order valence-electron chi connectivity index (χ3n) is 10.3. The average molecular weight is 682 g/mol. The van der Waals surface area contributed by atoms with Gasteiger partial charge in [-0.2, -0.15) is 0 Å². The largest absolute Gasteiger partial charge is 0.470 e. The van der Waals surface area contributed by atoms with Gasteiger partial charge >= 0.3 is 0 Å². The van der Waals surface area contributed by atoms with Crippen LogP contribution in [0.1, 0.15) is 26.3 Å². The van der Waals surface area contributed by atoms with Crippen molar-refractivity contribution in [3.63, 3.8) is 0 Å². The Bertz CT molecular complexity index is 1520. The topological polar surface area (TPSA) is 76.4 Å². The first-order valence-electron chi connectivity index (χ1n) is 17.3. The number of hydrogen-bond donors (Lipinski definition) is 0. The molecule has 0 bridgehead atoms. The summed E-state index contributed by atoms with van der Waals surface area (Å²) in [7, 11) is -3.20. The lowest BCUT2D eigenvalue weighted by molar-refractivity contribution is 0.00859. The second kappa shape index (κ2) is 13.6. The molecule has 3 saturated heterocycles. The van der Waals surface area contributed by atoms with Crippen LogP contribution in [-0.4, -0.2) is 96.5 Å². The number of ether oxygens (including phenoxy) is 5. The van der Waals surface area contributed by atoms with Crippen molar-refractivity contribution in [3.8, 4) is 17.1 Å². The van der Waals surface area contributed by atoms with Gasteiger partial charge in [-0.25, -0.2) is 4.98 Å². The van der Waals surface area contributed by atoms with E-state index in [2.05, 4.69) is 100 Å². The van der Waals surface area contributed by atoms with Crippen LogP contribution in [0.15, 0.2) is 36.4 Å². The third-order valence-corrected chi connectivity index (χ3v) is 16.5. The Hall–Kier alpha value is -2.26. The van der Waals surface area contributed by atoms with Gasteiger partial charge < -0.3 is 33.0 Å². The number of aryl methyl sites for hydroxylation is 1. The second-order valence-electron chi connectivity index (χ2n) is 16.1. The van der Waals surface area contributed by atoms with Crippen molar-refractivity contribution in [2.45, 2.75) is 103 Å². The fourth-order valence-electron chi connectivity index (χ4n) is 6.30. The van der Waals surface area contributed by atoms with Crippen molar-refractivity contribution >= 4 is 33.1 Å². The first-order chi connectivity index (χ1) is 22.2. The minimum atomic E-state index is -1.97. The third kappa shape index (κ3) is 7.66. The number of aromatic nitrogens is 2. The predicted molar refractivity (Wildman–Crippen MR) is 193 cm³/mol. The zero-order valence-corrected chi connectivity index (χ0v) is 31.9. The van der Waals surface area contributed by atoms with E-state index in [0.717, 1.165) is 72.7 Å². The number of nitrogens with zero attached hydrogens (tertiary/aromatic N) is 3. The standard InChI is InChI=1S/C36H55N3O6Si2/c1-25-20-29-28(37-33(25)26-10-12-27(13-11-26)38-14-16-40-17-15-38)21-32(39(29)24-41-18-19-46(5,6)7)44-30-22-42-35-31(23-43-34(30)35)45-47(8,9)36(2,3)4/h10-13,20-21,30-31,34-35H,14-19,22-24H2,1-9H3/t30-,31-,34-,35-/m1/s1. The molecular weight excluding hydrogens is 627 g/mol. The molecule has 0 unspecified atom stereocenters. The van der Waals surface area contributed by atoms with Crippen LogP contribution in [0.3, 0.4) is 0 Å². The zero-order valence-electron chi connectivity index (χ0n) is 29.9. The molecule has 11 heteroatoms. The van der Waals surface area contributed by atoms with Gasteiger partial charge in [0, 0.05) is 45.1 Å². The first-order valence-corrected chi connectivity index (χ1v) is 23.9. The summed E-state index contributed by atoms with van der Waals surface area (Å²) < 4.78 is 40.1. The molecule has 2 aromatic heterocycles. The Labute approximate surface area is 283 Å². The van der Waals surface area contributed by atoms with E-state index in [4.69, 9.17) is 33.1 Å². The number of benzene rings is 1. The molecule has 0 saturated carbocycles. The van der Waals surface area contributed by atoms with E-state index >= 15 is 0 Å². The molecule has 3 aliphatic rings. The molecular formula is C36H55N3O6Si2. The van der Waals surface area contributed by atoms with E-state index in [-0.39, 0.29) is 29.5 Å². The Balaban J connectivity index is 1.24. The van der Waals surface area contributed by atoms with E-state index in [1.165, 1.54) is 5.69 Å². The van der Waals surface area contributed by atoms with E-state index in [0.29, 0.717) is 19.9 Å². The molecule has 5 heterocycles. The van der Waals surface area contributed by atoms with E-state index in [9.17, 15) is 0 Å². The highest BCUT2D eigenvalue weighted by Gasteiger charge is 2.52. The summed E-state index contributed by atoms with van der Waals surface area (Å²) >= 11 is 0. The molecule has 4 atom stereocenters. The summed E-state index contributed by atoms with van der Waals surface area (Å²) in [6.45, 7) is 26.1. The number of hydrogen-bond acceptors (Lipinski definition) is 8. The van der Waals surface area contributed by atoms with Gasteiger partial charge in [0.25, 0.3) is 0 Å². The number of pyridine rings is 1. The van der Waals surface area contributed by atoms with Gasteiger partial charge in [-0.1, -0.05) is 52.5 Å². The highest BCUT2D eigenvalue weighted by molar-refractivity contribution is 6.76. The van der Waals surface area contributed by atoms with E-state index in [1.807, 2.05) is 6.07 Å². The lowest BCUT2D eigenvalue weighted by atomic mass is 10.1. The van der Waals surface area contributed by atoms with Crippen molar-refractivity contribution in [3.05, 3.63) is 42.0 Å². The zero-order chi connectivity index (χ0) is 33.6. The Morgan fingerprint density at radius 3 is 2.23 bits per heavy atom. The van der Waals surface area contributed by atoms with Gasteiger partial charge in [-0.15, -0.1) is 0 Å². The van der Waals surface area contributed by atoms with E-state index in [1.54, 1.807) is 0 Å². The van der Waals surface area contributed by atoms with Crippen LogP contribution in [0.4, 0.5) is 5.69 Å². The number of rotatable bonds is 11. The normalized spacial score (nSPS) is 23.9. The van der Waals surface area contributed by atoms with E-state index < -0.39 is 16.4 Å². The van der Waals surface area contributed by atoms with Crippen LogP contribution >= 0.6 is 0 Å². The van der Waals surface area contributed by atoms with Crippen LogP contribution in [0.2, 0.25) is 43.8 Å². The lowest BCUT2D eigenvalue weighted by Gasteiger charge is -2.39. The van der Waals surface area contributed by atoms with Crippen LogP contribution < -0.4 is 9.64 Å². The molecule has 0 spiro atoms. The second-order valence-corrected chi connectivity index (χ2v) is 26.5. The monoisotopic (exact) mass is 681 g/mol. The Morgan fingerprint density at radius 2 is 1.57 bits per heavy atom. The maximum absolute atomic E-state index is 6.76. The summed E-state index contributed by atoms with van der Waals surface area (Å²) in [6, 6.07) is 14.1.